The second-order valence-electron chi connectivity index (χ2n) is 6.23. The zero-order chi connectivity index (χ0) is 16.7. The van der Waals surface area contributed by atoms with E-state index in [0.717, 1.165) is 34.6 Å². The van der Waals surface area contributed by atoms with Crippen molar-refractivity contribution in [1.29, 1.82) is 0 Å². The highest BCUT2D eigenvalue weighted by Gasteiger charge is 2.32. The Hall–Kier alpha value is -2.39. The fourth-order valence-corrected chi connectivity index (χ4v) is 3.64. The van der Waals surface area contributed by atoms with Gasteiger partial charge >= 0.3 is 0 Å². The minimum atomic E-state index is 0.167. The molecule has 1 heterocycles. The third-order valence-electron chi connectivity index (χ3n) is 4.65. The van der Waals surface area contributed by atoms with Gasteiger partial charge in [-0.05, 0) is 49.1 Å². The number of carbonyl (C=O) groups excluding carboxylic acids is 1. The molecule has 4 heteroatoms. The number of rotatable bonds is 2. The summed E-state index contributed by atoms with van der Waals surface area (Å²) in [4.78, 5) is 12.7. The molecule has 1 atom stereocenters. The van der Waals surface area contributed by atoms with Crippen LogP contribution in [-0.2, 0) is 6.42 Å². The van der Waals surface area contributed by atoms with Crippen molar-refractivity contribution in [3.05, 3.63) is 82.1 Å². The Balaban J connectivity index is 1.79. The summed E-state index contributed by atoms with van der Waals surface area (Å²) in [7, 11) is 0. The summed E-state index contributed by atoms with van der Waals surface area (Å²) >= 11 is 5.99. The van der Waals surface area contributed by atoms with Crippen molar-refractivity contribution >= 4 is 17.4 Å². The molecule has 1 aliphatic carbocycles. The molecule has 0 fully saturated rings. The Morgan fingerprint density at radius 3 is 2.46 bits per heavy atom. The summed E-state index contributed by atoms with van der Waals surface area (Å²) in [5.74, 6) is 0.344. The van der Waals surface area contributed by atoms with Crippen molar-refractivity contribution in [2.75, 3.05) is 0 Å². The van der Waals surface area contributed by atoms with Crippen LogP contribution < -0.4 is 0 Å². The predicted molar refractivity (Wildman–Crippen MR) is 95.1 cm³/mol. The molecule has 1 aromatic heterocycles. The molecular weight excluding hydrogens is 320 g/mol. The first kappa shape index (κ1) is 15.2. The molecule has 0 radical (unpaired) electrons. The fraction of sp³-hybridized carbons (Fsp3) is 0.200. The van der Waals surface area contributed by atoms with Gasteiger partial charge in [0, 0.05) is 11.4 Å². The second kappa shape index (κ2) is 5.91. The lowest BCUT2D eigenvalue weighted by Gasteiger charge is -2.23. The first-order valence-corrected chi connectivity index (χ1v) is 8.44. The number of hydrogen-bond donors (Lipinski definition) is 0. The molecule has 0 saturated heterocycles. The van der Waals surface area contributed by atoms with E-state index < -0.39 is 0 Å². The molecule has 0 aliphatic heterocycles. The molecule has 2 aromatic carbocycles. The quantitative estimate of drug-likeness (QED) is 0.677. The largest absolute Gasteiger partial charge is 0.294 e. The third kappa shape index (κ3) is 2.55. The van der Waals surface area contributed by atoms with Crippen molar-refractivity contribution in [2.45, 2.75) is 25.7 Å². The summed E-state index contributed by atoms with van der Waals surface area (Å²) in [6, 6.07) is 17.8. The molecular formula is C20H17ClN2O. The van der Waals surface area contributed by atoms with Gasteiger partial charge < -0.3 is 0 Å². The summed E-state index contributed by atoms with van der Waals surface area (Å²) in [6.45, 7) is 1.92. The van der Waals surface area contributed by atoms with Crippen LogP contribution in [0.1, 0.15) is 39.6 Å². The van der Waals surface area contributed by atoms with Crippen LogP contribution in [0.25, 0.3) is 5.69 Å². The van der Waals surface area contributed by atoms with Crippen LogP contribution in [0.15, 0.2) is 54.6 Å². The van der Waals surface area contributed by atoms with Crippen LogP contribution in [0.3, 0.4) is 0 Å². The maximum Gasteiger partial charge on any atom is 0.167 e. The molecule has 0 amide bonds. The molecule has 0 spiro atoms. The topological polar surface area (TPSA) is 34.9 Å². The van der Waals surface area contributed by atoms with E-state index in [1.54, 1.807) is 0 Å². The van der Waals surface area contributed by atoms with Crippen LogP contribution in [0, 0.1) is 6.92 Å². The van der Waals surface area contributed by atoms with Crippen LogP contribution in [0.5, 0.6) is 0 Å². The van der Waals surface area contributed by atoms with Gasteiger partial charge in [0.1, 0.15) is 0 Å². The number of benzene rings is 2. The first-order valence-electron chi connectivity index (χ1n) is 8.06. The van der Waals surface area contributed by atoms with Crippen molar-refractivity contribution in [3.63, 3.8) is 0 Å². The number of Topliss-reactive ketones (excluding diaryl/α,β-unsaturated/α-hetero) is 1. The van der Waals surface area contributed by atoms with E-state index in [1.165, 1.54) is 0 Å². The van der Waals surface area contributed by atoms with Gasteiger partial charge in [-0.2, -0.15) is 5.10 Å². The Morgan fingerprint density at radius 2 is 1.75 bits per heavy atom. The number of carbonyl (C=O) groups is 1. The number of hydrogen-bond acceptors (Lipinski definition) is 2. The molecule has 24 heavy (non-hydrogen) atoms. The van der Waals surface area contributed by atoms with E-state index in [-0.39, 0.29) is 11.7 Å². The zero-order valence-corrected chi connectivity index (χ0v) is 14.1. The molecule has 1 aliphatic rings. The molecule has 0 saturated carbocycles. The smallest absolute Gasteiger partial charge is 0.167 e. The van der Waals surface area contributed by atoms with Gasteiger partial charge in [-0.1, -0.05) is 41.9 Å². The van der Waals surface area contributed by atoms with Gasteiger partial charge in [0.25, 0.3) is 0 Å². The molecule has 0 bridgehead atoms. The van der Waals surface area contributed by atoms with Gasteiger partial charge in [-0.25, -0.2) is 4.68 Å². The summed E-state index contributed by atoms with van der Waals surface area (Å²) < 4.78 is 1.92. The highest BCUT2D eigenvalue weighted by molar-refractivity contribution is 6.30. The summed E-state index contributed by atoms with van der Waals surface area (Å²) in [5, 5.41) is 5.34. The lowest BCUT2D eigenvalue weighted by Crippen LogP contribution is -2.20. The number of aromatic nitrogens is 2. The monoisotopic (exact) mass is 336 g/mol. The minimum Gasteiger partial charge on any atom is -0.294 e. The molecule has 0 unspecified atom stereocenters. The number of fused-ring (bicyclic) bond motifs is 1. The molecule has 3 aromatic rings. The van der Waals surface area contributed by atoms with Crippen molar-refractivity contribution < 1.29 is 4.79 Å². The summed E-state index contributed by atoms with van der Waals surface area (Å²) in [5.41, 5.74) is 4.76. The maximum atomic E-state index is 12.7. The lowest BCUT2D eigenvalue weighted by molar-refractivity contribution is 0.0963. The van der Waals surface area contributed by atoms with Crippen LogP contribution in [0.2, 0.25) is 5.02 Å². The Bertz CT molecular complexity index is 897. The van der Waals surface area contributed by atoms with E-state index in [9.17, 15) is 4.79 Å². The first-order chi connectivity index (χ1) is 11.6. The van der Waals surface area contributed by atoms with Gasteiger partial charge in [-0.15, -0.1) is 0 Å². The number of para-hydroxylation sites is 1. The zero-order valence-electron chi connectivity index (χ0n) is 13.4. The van der Waals surface area contributed by atoms with Crippen LogP contribution in [-0.4, -0.2) is 15.6 Å². The van der Waals surface area contributed by atoms with Gasteiger partial charge in [0.15, 0.2) is 5.78 Å². The summed E-state index contributed by atoms with van der Waals surface area (Å²) in [6.07, 6.45) is 1.33. The second-order valence-corrected chi connectivity index (χ2v) is 6.67. The molecule has 0 N–H and O–H groups in total. The number of halogens is 1. The standard InChI is InChI=1S/C20H17ClN2O/c1-13-20-18(23(22-13)17-5-3-2-4-6-17)11-15(12-19(20)24)14-7-9-16(21)10-8-14/h2-10,15H,11-12H2,1H3/t15-/m1/s1. The lowest BCUT2D eigenvalue weighted by atomic mass is 9.81. The van der Waals surface area contributed by atoms with Crippen molar-refractivity contribution in [1.82, 2.24) is 9.78 Å². The fourth-order valence-electron chi connectivity index (χ4n) is 3.51. The average Bonchev–Trinajstić information content (AvgIpc) is 2.93. The van der Waals surface area contributed by atoms with Crippen molar-refractivity contribution in [2.24, 2.45) is 0 Å². The highest BCUT2D eigenvalue weighted by Crippen LogP contribution is 2.35. The number of nitrogens with zero attached hydrogens (tertiary/aromatic N) is 2. The number of ketones is 1. The van der Waals surface area contributed by atoms with Gasteiger partial charge in [0.2, 0.25) is 0 Å². The normalized spacial score (nSPS) is 16.9. The highest BCUT2D eigenvalue weighted by atomic mass is 35.5. The van der Waals surface area contributed by atoms with Gasteiger partial charge in [-0.3, -0.25) is 4.79 Å². The molecule has 120 valence electrons. The van der Waals surface area contributed by atoms with E-state index >= 15 is 0 Å². The van der Waals surface area contributed by atoms with Crippen LogP contribution >= 0.6 is 11.6 Å². The predicted octanol–water partition coefficient (Wildman–Crippen LogP) is 4.75. The Kier molecular flexibility index (Phi) is 3.73. The SMILES string of the molecule is Cc1nn(-c2ccccc2)c2c1C(=O)C[C@H](c1ccc(Cl)cc1)C2. The average molecular weight is 337 g/mol. The van der Waals surface area contributed by atoms with Crippen molar-refractivity contribution in [3.8, 4) is 5.69 Å². The van der Waals surface area contributed by atoms with Crippen LogP contribution in [0.4, 0.5) is 0 Å². The Labute approximate surface area is 145 Å². The third-order valence-corrected chi connectivity index (χ3v) is 4.90. The molecule has 3 nitrogen and oxygen atoms in total. The van der Waals surface area contributed by atoms with E-state index in [2.05, 4.69) is 5.10 Å². The maximum absolute atomic E-state index is 12.7. The van der Waals surface area contributed by atoms with Gasteiger partial charge in [0.05, 0.1) is 22.6 Å². The Morgan fingerprint density at radius 1 is 1.04 bits per heavy atom. The van der Waals surface area contributed by atoms with E-state index in [4.69, 9.17) is 11.6 Å². The minimum absolute atomic E-state index is 0.167. The molecule has 4 rings (SSSR count). The number of aryl methyl sites for hydroxylation is 1. The van der Waals surface area contributed by atoms with E-state index in [0.29, 0.717) is 11.4 Å². The van der Waals surface area contributed by atoms with E-state index in [1.807, 2.05) is 66.2 Å².